The minimum absolute atomic E-state index is 0.0527. The lowest BCUT2D eigenvalue weighted by Gasteiger charge is -2.22. The Hall–Kier alpha value is -0.830. The van der Waals surface area contributed by atoms with Gasteiger partial charge in [0, 0.05) is 17.6 Å². The summed E-state index contributed by atoms with van der Waals surface area (Å²) in [5.74, 6) is 0.0527. The molecule has 82 valence electrons. The van der Waals surface area contributed by atoms with Gasteiger partial charge in [-0.1, -0.05) is 6.07 Å². The first-order valence-electron chi connectivity index (χ1n) is 4.96. The average Bonchev–Trinajstić information content (AvgIpc) is 2.15. The zero-order chi connectivity index (χ0) is 11.6. The van der Waals surface area contributed by atoms with Crippen LogP contribution < -0.4 is 0 Å². The second kappa shape index (κ2) is 4.79. The smallest absolute Gasteiger partial charge is 0.254 e. The zero-order valence-electron chi connectivity index (χ0n) is 9.54. The van der Waals surface area contributed by atoms with Crippen LogP contribution in [0.2, 0.25) is 0 Å². The minimum atomic E-state index is 0.0527. The average molecular weight is 270 g/mol. The van der Waals surface area contributed by atoms with Gasteiger partial charge in [0.15, 0.2) is 0 Å². The third-order valence-electron chi connectivity index (χ3n) is 2.45. The highest BCUT2D eigenvalue weighted by Crippen LogP contribution is 2.20. The van der Waals surface area contributed by atoms with Crippen molar-refractivity contribution >= 4 is 21.8 Å². The standard InChI is InChI=1S/C12H16BrNO/c1-8(2)14(4)12(15)10-6-5-9(3)7-11(10)13/h5-8H,1-4H3. The first-order valence-corrected chi connectivity index (χ1v) is 5.76. The molecule has 1 amide bonds. The predicted molar refractivity (Wildman–Crippen MR) is 66.1 cm³/mol. The summed E-state index contributed by atoms with van der Waals surface area (Å²) in [6, 6.07) is 5.99. The van der Waals surface area contributed by atoms with E-state index in [9.17, 15) is 4.79 Å². The van der Waals surface area contributed by atoms with Crippen LogP contribution in [0.3, 0.4) is 0 Å². The van der Waals surface area contributed by atoms with E-state index < -0.39 is 0 Å². The van der Waals surface area contributed by atoms with E-state index in [2.05, 4.69) is 15.9 Å². The Labute approximate surface area is 99.4 Å². The van der Waals surface area contributed by atoms with Gasteiger partial charge in [-0.05, 0) is 54.4 Å². The summed E-state index contributed by atoms with van der Waals surface area (Å²) in [6.07, 6.45) is 0. The monoisotopic (exact) mass is 269 g/mol. The Morgan fingerprint density at radius 1 is 1.40 bits per heavy atom. The largest absolute Gasteiger partial charge is 0.339 e. The second-order valence-corrected chi connectivity index (χ2v) is 4.85. The van der Waals surface area contributed by atoms with Crippen LogP contribution in [0.15, 0.2) is 22.7 Å². The second-order valence-electron chi connectivity index (χ2n) is 3.99. The van der Waals surface area contributed by atoms with Crippen molar-refractivity contribution in [2.45, 2.75) is 26.8 Å². The maximum atomic E-state index is 12.0. The lowest BCUT2D eigenvalue weighted by molar-refractivity contribution is 0.0754. The van der Waals surface area contributed by atoms with Gasteiger partial charge in [0.25, 0.3) is 5.91 Å². The highest BCUT2D eigenvalue weighted by molar-refractivity contribution is 9.10. The van der Waals surface area contributed by atoms with E-state index in [1.165, 1.54) is 0 Å². The number of benzene rings is 1. The molecular formula is C12H16BrNO. The number of aryl methyl sites for hydroxylation is 1. The predicted octanol–water partition coefficient (Wildman–Crippen LogP) is 3.24. The fraction of sp³-hybridized carbons (Fsp3) is 0.417. The summed E-state index contributed by atoms with van der Waals surface area (Å²) in [4.78, 5) is 13.7. The van der Waals surface area contributed by atoms with Gasteiger partial charge in [-0.15, -0.1) is 0 Å². The number of amides is 1. The molecule has 0 fully saturated rings. The molecule has 0 aliphatic rings. The first-order chi connectivity index (χ1) is 6.93. The maximum Gasteiger partial charge on any atom is 0.254 e. The molecule has 0 radical (unpaired) electrons. The third-order valence-corrected chi connectivity index (χ3v) is 3.11. The van der Waals surface area contributed by atoms with Gasteiger partial charge >= 0.3 is 0 Å². The van der Waals surface area contributed by atoms with E-state index in [1.54, 1.807) is 4.90 Å². The van der Waals surface area contributed by atoms with Crippen LogP contribution in [0.4, 0.5) is 0 Å². The van der Waals surface area contributed by atoms with Gasteiger partial charge in [0.2, 0.25) is 0 Å². The molecule has 15 heavy (non-hydrogen) atoms. The number of carbonyl (C=O) groups excluding carboxylic acids is 1. The molecule has 0 aromatic heterocycles. The van der Waals surface area contributed by atoms with Crippen molar-refractivity contribution in [3.63, 3.8) is 0 Å². The Morgan fingerprint density at radius 2 is 2.00 bits per heavy atom. The summed E-state index contributed by atoms with van der Waals surface area (Å²) in [7, 11) is 1.82. The molecule has 0 heterocycles. The van der Waals surface area contributed by atoms with Crippen LogP contribution in [0.5, 0.6) is 0 Å². The molecule has 0 N–H and O–H groups in total. The van der Waals surface area contributed by atoms with Crippen LogP contribution in [-0.2, 0) is 0 Å². The van der Waals surface area contributed by atoms with E-state index in [0.717, 1.165) is 15.6 Å². The molecule has 3 heteroatoms. The number of hydrogen-bond donors (Lipinski definition) is 0. The molecule has 1 rings (SSSR count). The Balaban J connectivity index is 3.01. The summed E-state index contributed by atoms with van der Waals surface area (Å²) >= 11 is 3.42. The highest BCUT2D eigenvalue weighted by Gasteiger charge is 2.16. The Morgan fingerprint density at radius 3 is 2.47 bits per heavy atom. The van der Waals surface area contributed by atoms with Crippen molar-refractivity contribution in [2.24, 2.45) is 0 Å². The molecular weight excluding hydrogens is 254 g/mol. The lowest BCUT2D eigenvalue weighted by atomic mass is 10.1. The van der Waals surface area contributed by atoms with Crippen molar-refractivity contribution in [2.75, 3.05) is 7.05 Å². The van der Waals surface area contributed by atoms with Crippen molar-refractivity contribution < 1.29 is 4.79 Å². The van der Waals surface area contributed by atoms with Crippen LogP contribution in [-0.4, -0.2) is 23.9 Å². The molecule has 0 aliphatic carbocycles. The summed E-state index contributed by atoms with van der Waals surface area (Å²) in [6.45, 7) is 6.01. The third kappa shape index (κ3) is 2.81. The fourth-order valence-electron chi connectivity index (χ4n) is 1.22. The van der Waals surface area contributed by atoms with Gasteiger partial charge in [-0.3, -0.25) is 4.79 Å². The topological polar surface area (TPSA) is 20.3 Å². The number of rotatable bonds is 2. The van der Waals surface area contributed by atoms with Crippen LogP contribution >= 0.6 is 15.9 Å². The van der Waals surface area contributed by atoms with Crippen molar-refractivity contribution in [1.82, 2.24) is 4.90 Å². The molecule has 0 saturated heterocycles. The number of halogens is 1. The molecule has 0 unspecified atom stereocenters. The molecule has 0 spiro atoms. The lowest BCUT2D eigenvalue weighted by Crippen LogP contribution is -2.33. The molecule has 0 atom stereocenters. The van der Waals surface area contributed by atoms with Crippen molar-refractivity contribution in [3.05, 3.63) is 33.8 Å². The summed E-state index contributed by atoms with van der Waals surface area (Å²) in [5, 5.41) is 0. The van der Waals surface area contributed by atoms with Gasteiger partial charge in [0.1, 0.15) is 0 Å². The molecule has 0 saturated carbocycles. The van der Waals surface area contributed by atoms with Gasteiger partial charge in [-0.25, -0.2) is 0 Å². The number of hydrogen-bond acceptors (Lipinski definition) is 1. The molecule has 0 bridgehead atoms. The number of nitrogens with zero attached hydrogens (tertiary/aromatic N) is 1. The van der Waals surface area contributed by atoms with E-state index in [-0.39, 0.29) is 11.9 Å². The summed E-state index contributed by atoms with van der Waals surface area (Å²) < 4.78 is 0.861. The summed E-state index contributed by atoms with van der Waals surface area (Å²) in [5.41, 5.74) is 1.86. The molecule has 0 aliphatic heterocycles. The molecule has 2 nitrogen and oxygen atoms in total. The van der Waals surface area contributed by atoms with Gasteiger partial charge in [-0.2, -0.15) is 0 Å². The Kier molecular flexibility index (Phi) is 3.91. The molecule has 1 aromatic carbocycles. The SMILES string of the molecule is Cc1ccc(C(=O)N(C)C(C)C)c(Br)c1. The van der Waals surface area contributed by atoms with E-state index in [4.69, 9.17) is 0 Å². The van der Waals surface area contributed by atoms with Gasteiger partial charge < -0.3 is 4.90 Å². The Bertz CT molecular complexity index is 374. The zero-order valence-corrected chi connectivity index (χ0v) is 11.1. The quantitative estimate of drug-likeness (QED) is 0.807. The van der Waals surface area contributed by atoms with Crippen LogP contribution in [0.25, 0.3) is 0 Å². The normalized spacial score (nSPS) is 10.5. The van der Waals surface area contributed by atoms with Crippen molar-refractivity contribution in [1.29, 1.82) is 0 Å². The van der Waals surface area contributed by atoms with Crippen molar-refractivity contribution in [3.8, 4) is 0 Å². The molecule has 1 aromatic rings. The minimum Gasteiger partial charge on any atom is -0.339 e. The first kappa shape index (κ1) is 12.2. The van der Waals surface area contributed by atoms with E-state index >= 15 is 0 Å². The fourth-order valence-corrected chi connectivity index (χ4v) is 1.88. The van der Waals surface area contributed by atoms with Gasteiger partial charge in [0.05, 0.1) is 5.56 Å². The van der Waals surface area contributed by atoms with E-state index in [1.807, 2.05) is 46.0 Å². The highest BCUT2D eigenvalue weighted by atomic mass is 79.9. The number of carbonyl (C=O) groups is 1. The van der Waals surface area contributed by atoms with Crippen LogP contribution in [0, 0.1) is 6.92 Å². The van der Waals surface area contributed by atoms with E-state index in [0.29, 0.717) is 0 Å². The van der Waals surface area contributed by atoms with Crippen LogP contribution in [0.1, 0.15) is 29.8 Å². The maximum absolute atomic E-state index is 12.0.